The van der Waals surface area contributed by atoms with E-state index in [0.717, 1.165) is 16.8 Å². The third-order valence-electron chi connectivity index (χ3n) is 2.90. The predicted octanol–water partition coefficient (Wildman–Crippen LogP) is 2.87. The van der Waals surface area contributed by atoms with Crippen LogP contribution >= 0.6 is 0 Å². The molecule has 2 aromatic rings. The molecule has 102 valence electrons. The van der Waals surface area contributed by atoms with Crippen LogP contribution in [0.4, 0.5) is 5.69 Å². The van der Waals surface area contributed by atoms with Gasteiger partial charge in [0.2, 0.25) is 0 Å². The van der Waals surface area contributed by atoms with Crippen LogP contribution in [0.25, 0.3) is 0 Å². The Morgan fingerprint density at radius 3 is 2.35 bits per heavy atom. The Balaban J connectivity index is 1.94. The van der Waals surface area contributed by atoms with Crippen molar-refractivity contribution in [2.45, 2.75) is 13.2 Å². The normalized spacial score (nSPS) is 10.0. The Morgan fingerprint density at radius 1 is 1.05 bits per heavy atom. The monoisotopic (exact) mass is 268 g/mol. The zero-order valence-electron chi connectivity index (χ0n) is 11.3. The van der Waals surface area contributed by atoms with Gasteiger partial charge in [-0.1, -0.05) is 18.2 Å². The molecule has 0 saturated carbocycles. The molecule has 0 unspecified atom stereocenters. The molecule has 0 heterocycles. The largest absolute Gasteiger partial charge is 0.495 e. The van der Waals surface area contributed by atoms with Gasteiger partial charge in [0.1, 0.15) is 11.8 Å². The van der Waals surface area contributed by atoms with Crippen molar-refractivity contribution in [3.8, 4) is 11.8 Å². The van der Waals surface area contributed by atoms with Gasteiger partial charge in [-0.3, -0.25) is 0 Å². The number of hydrogen-bond donors (Lipinski definition) is 1. The molecule has 2 aromatic carbocycles. The molecule has 0 fully saturated rings. The van der Waals surface area contributed by atoms with Crippen molar-refractivity contribution >= 4 is 5.69 Å². The Morgan fingerprint density at radius 2 is 1.70 bits per heavy atom. The van der Waals surface area contributed by atoms with Crippen LogP contribution in [0.15, 0.2) is 42.5 Å². The topological polar surface area (TPSA) is 68.3 Å². The van der Waals surface area contributed by atoms with Crippen LogP contribution in [0.2, 0.25) is 0 Å². The summed E-state index contributed by atoms with van der Waals surface area (Å²) in [5.41, 5.74) is 8.93. The average molecular weight is 268 g/mol. The number of hydrogen-bond acceptors (Lipinski definition) is 4. The maximum atomic E-state index is 8.92. The standard InChI is InChI=1S/C16H16N2O2/c1-19-16-8-13(2-5-14(16)9-17)11-20-10-12-3-6-15(18)7-4-12/h2-8H,10-11,18H2,1H3. The highest BCUT2D eigenvalue weighted by atomic mass is 16.5. The fourth-order valence-corrected chi connectivity index (χ4v) is 1.82. The summed E-state index contributed by atoms with van der Waals surface area (Å²) in [6.45, 7) is 0.981. The molecule has 20 heavy (non-hydrogen) atoms. The van der Waals surface area contributed by atoms with Gasteiger partial charge in [0.05, 0.1) is 25.9 Å². The third kappa shape index (κ3) is 3.50. The van der Waals surface area contributed by atoms with Crippen molar-refractivity contribution in [3.05, 3.63) is 59.2 Å². The van der Waals surface area contributed by atoms with Gasteiger partial charge in [-0.05, 0) is 35.4 Å². The Labute approximate surface area is 118 Å². The molecule has 0 amide bonds. The molecule has 0 aromatic heterocycles. The number of anilines is 1. The maximum absolute atomic E-state index is 8.92. The minimum absolute atomic E-state index is 0.465. The van der Waals surface area contributed by atoms with E-state index in [0.29, 0.717) is 24.5 Å². The molecule has 0 aliphatic heterocycles. The van der Waals surface area contributed by atoms with Gasteiger partial charge in [-0.25, -0.2) is 0 Å². The first kappa shape index (κ1) is 13.9. The molecule has 0 bridgehead atoms. The smallest absolute Gasteiger partial charge is 0.136 e. The quantitative estimate of drug-likeness (QED) is 0.847. The van der Waals surface area contributed by atoms with Gasteiger partial charge in [-0.15, -0.1) is 0 Å². The van der Waals surface area contributed by atoms with E-state index in [9.17, 15) is 0 Å². The van der Waals surface area contributed by atoms with E-state index in [2.05, 4.69) is 6.07 Å². The Kier molecular flexibility index (Phi) is 4.59. The molecule has 0 spiro atoms. The molecule has 0 atom stereocenters. The predicted molar refractivity (Wildman–Crippen MR) is 77.1 cm³/mol. The number of nitrogen functional groups attached to an aromatic ring is 1. The molecule has 2 rings (SSSR count). The number of nitriles is 1. The van der Waals surface area contributed by atoms with Crippen molar-refractivity contribution in [3.63, 3.8) is 0 Å². The van der Waals surface area contributed by atoms with Gasteiger partial charge in [0, 0.05) is 5.69 Å². The molecular weight excluding hydrogens is 252 g/mol. The fourth-order valence-electron chi connectivity index (χ4n) is 1.82. The second-order valence-electron chi connectivity index (χ2n) is 4.38. The van der Waals surface area contributed by atoms with Crippen molar-refractivity contribution in [1.82, 2.24) is 0 Å². The van der Waals surface area contributed by atoms with Gasteiger partial charge >= 0.3 is 0 Å². The van der Waals surface area contributed by atoms with Crippen molar-refractivity contribution in [2.24, 2.45) is 0 Å². The first-order valence-corrected chi connectivity index (χ1v) is 6.22. The number of nitrogens with two attached hydrogens (primary N) is 1. The minimum Gasteiger partial charge on any atom is -0.495 e. The van der Waals surface area contributed by atoms with Crippen LogP contribution in [0.1, 0.15) is 16.7 Å². The zero-order valence-corrected chi connectivity index (χ0v) is 11.3. The van der Waals surface area contributed by atoms with Crippen molar-refractivity contribution in [2.75, 3.05) is 12.8 Å². The van der Waals surface area contributed by atoms with E-state index in [4.69, 9.17) is 20.5 Å². The van der Waals surface area contributed by atoms with E-state index in [1.54, 1.807) is 13.2 Å². The second kappa shape index (κ2) is 6.60. The molecule has 0 radical (unpaired) electrons. The zero-order chi connectivity index (χ0) is 14.4. The summed E-state index contributed by atoms with van der Waals surface area (Å²) >= 11 is 0. The van der Waals surface area contributed by atoms with E-state index < -0.39 is 0 Å². The second-order valence-corrected chi connectivity index (χ2v) is 4.38. The lowest BCUT2D eigenvalue weighted by molar-refractivity contribution is 0.107. The van der Waals surface area contributed by atoms with Crippen LogP contribution in [0.5, 0.6) is 5.75 Å². The Bertz CT molecular complexity index is 615. The molecule has 0 aliphatic carbocycles. The summed E-state index contributed by atoms with van der Waals surface area (Å²) in [6.07, 6.45) is 0. The number of nitrogens with zero attached hydrogens (tertiary/aromatic N) is 1. The molecule has 4 nitrogen and oxygen atoms in total. The summed E-state index contributed by atoms with van der Waals surface area (Å²) in [5.74, 6) is 0.570. The van der Waals surface area contributed by atoms with Crippen molar-refractivity contribution < 1.29 is 9.47 Å². The molecule has 0 aliphatic rings. The maximum Gasteiger partial charge on any atom is 0.136 e. The first-order valence-electron chi connectivity index (χ1n) is 6.22. The summed E-state index contributed by atoms with van der Waals surface area (Å²) in [7, 11) is 1.55. The number of methoxy groups -OCH3 is 1. The molecule has 0 saturated heterocycles. The lowest BCUT2D eigenvalue weighted by atomic mass is 10.1. The van der Waals surface area contributed by atoms with E-state index in [1.807, 2.05) is 36.4 Å². The third-order valence-corrected chi connectivity index (χ3v) is 2.90. The first-order chi connectivity index (χ1) is 9.72. The lowest BCUT2D eigenvalue weighted by Crippen LogP contribution is -1.96. The van der Waals surface area contributed by atoms with Crippen LogP contribution < -0.4 is 10.5 Å². The highest BCUT2D eigenvalue weighted by molar-refractivity contribution is 5.45. The van der Waals surface area contributed by atoms with E-state index >= 15 is 0 Å². The fraction of sp³-hybridized carbons (Fsp3) is 0.188. The highest BCUT2D eigenvalue weighted by Crippen LogP contribution is 2.20. The Hall–Kier alpha value is -2.51. The van der Waals surface area contributed by atoms with Crippen LogP contribution in [-0.2, 0) is 18.0 Å². The van der Waals surface area contributed by atoms with Crippen molar-refractivity contribution in [1.29, 1.82) is 5.26 Å². The molecule has 4 heteroatoms. The van der Waals surface area contributed by atoms with E-state index in [1.165, 1.54) is 0 Å². The summed E-state index contributed by atoms with van der Waals surface area (Å²) in [4.78, 5) is 0. The van der Waals surface area contributed by atoms with E-state index in [-0.39, 0.29) is 0 Å². The van der Waals surface area contributed by atoms with Crippen LogP contribution in [0, 0.1) is 11.3 Å². The average Bonchev–Trinajstić information content (AvgIpc) is 2.49. The number of benzene rings is 2. The lowest BCUT2D eigenvalue weighted by Gasteiger charge is -2.08. The summed E-state index contributed by atoms with van der Waals surface area (Å²) < 4.78 is 10.8. The molecule has 2 N–H and O–H groups in total. The number of rotatable bonds is 5. The van der Waals surface area contributed by atoms with Crippen LogP contribution in [-0.4, -0.2) is 7.11 Å². The van der Waals surface area contributed by atoms with Gasteiger partial charge in [-0.2, -0.15) is 5.26 Å². The highest BCUT2D eigenvalue weighted by Gasteiger charge is 2.04. The summed E-state index contributed by atoms with van der Waals surface area (Å²) in [5, 5.41) is 8.92. The van der Waals surface area contributed by atoms with Gasteiger partial charge in [0.25, 0.3) is 0 Å². The summed E-state index contributed by atoms with van der Waals surface area (Å²) in [6, 6.07) is 15.1. The SMILES string of the molecule is COc1cc(COCc2ccc(N)cc2)ccc1C#N. The van der Waals surface area contributed by atoms with Gasteiger partial charge < -0.3 is 15.2 Å². The number of ether oxygens (including phenoxy) is 2. The van der Waals surface area contributed by atoms with Gasteiger partial charge in [0.15, 0.2) is 0 Å². The minimum atomic E-state index is 0.465. The molecular formula is C16H16N2O2. The van der Waals surface area contributed by atoms with Crippen LogP contribution in [0.3, 0.4) is 0 Å².